The van der Waals surface area contributed by atoms with Gasteiger partial charge >= 0.3 is 0 Å². The van der Waals surface area contributed by atoms with Gasteiger partial charge in [0.1, 0.15) is 0 Å². The summed E-state index contributed by atoms with van der Waals surface area (Å²) < 4.78 is 23.2. The zero-order valence-corrected chi connectivity index (χ0v) is 14.5. The first-order valence-corrected chi connectivity index (χ1v) is 10.0. The van der Waals surface area contributed by atoms with Crippen LogP contribution >= 0.6 is 0 Å². The molecule has 24 heavy (non-hydrogen) atoms. The zero-order chi connectivity index (χ0) is 17.2. The molecule has 0 aromatic heterocycles. The second kappa shape index (κ2) is 6.77. The number of benzene rings is 2. The van der Waals surface area contributed by atoms with E-state index in [9.17, 15) is 13.2 Å². The minimum absolute atomic E-state index is 0.165. The molecule has 0 spiro atoms. The first-order chi connectivity index (χ1) is 11.4. The van der Waals surface area contributed by atoms with Crippen LogP contribution in [0.4, 0.5) is 0 Å². The fourth-order valence-electron chi connectivity index (χ4n) is 3.25. The van der Waals surface area contributed by atoms with E-state index in [2.05, 4.69) is 23.5 Å². The number of fused-ring (bicyclic) bond motifs is 1. The fourth-order valence-corrected chi connectivity index (χ4v) is 3.92. The summed E-state index contributed by atoms with van der Waals surface area (Å²) in [5.41, 5.74) is 3.05. The maximum absolute atomic E-state index is 12.4. The quantitative estimate of drug-likeness (QED) is 0.928. The summed E-state index contributed by atoms with van der Waals surface area (Å²) in [7, 11) is -3.31. The van der Waals surface area contributed by atoms with Crippen LogP contribution in [0.3, 0.4) is 0 Å². The van der Waals surface area contributed by atoms with Crippen LogP contribution in [0.25, 0.3) is 0 Å². The van der Waals surface area contributed by atoms with Crippen molar-refractivity contribution in [1.82, 2.24) is 5.32 Å². The largest absolute Gasteiger partial charge is 0.351 e. The van der Waals surface area contributed by atoms with Gasteiger partial charge in [-0.1, -0.05) is 30.3 Å². The van der Waals surface area contributed by atoms with E-state index < -0.39 is 9.84 Å². The third-order valence-corrected chi connectivity index (χ3v) is 5.64. The van der Waals surface area contributed by atoms with Crippen molar-refractivity contribution in [3.05, 3.63) is 65.2 Å². The number of carbonyl (C=O) groups is 1. The molecule has 1 aliphatic carbocycles. The smallest absolute Gasteiger partial charge is 0.251 e. The summed E-state index contributed by atoms with van der Waals surface area (Å²) in [5.74, 6) is 0.0838. The van der Waals surface area contributed by atoms with E-state index in [-0.39, 0.29) is 10.8 Å². The molecule has 3 rings (SSSR count). The van der Waals surface area contributed by atoms with Crippen LogP contribution in [0.2, 0.25) is 0 Å². The summed E-state index contributed by atoms with van der Waals surface area (Å²) >= 11 is 0. The summed E-state index contributed by atoms with van der Waals surface area (Å²) in [6.07, 6.45) is 4.42. The molecular formula is C19H21NO3S. The number of rotatable bonds is 4. The van der Waals surface area contributed by atoms with Gasteiger partial charge in [-0.05, 0) is 48.6 Å². The first-order valence-electron chi connectivity index (χ1n) is 8.11. The Kier molecular flexibility index (Phi) is 4.71. The molecule has 126 valence electrons. The lowest BCUT2D eigenvalue weighted by Gasteiger charge is -2.25. The maximum Gasteiger partial charge on any atom is 0.251 e. The Labute approximate surface area is 142 Å². The van der Waals surface area contributed by atoms with E-state index in [1.807, 2.05) is 6.07 Å². The molecule has 1 aliphatic rings. The average molecular weight is 343 g/mol. The third-order valence-electron chi connectivity index (χ3n) is 4.53. The monoisotopic (exact) mass is 343 g/mol. The minimum atomic E-state index is -3.31. The number of aryl methyl sites for hydroxylation is 1. The Bertz CT molecular complexity index is 858. The third kappa shape index (κ3) is 3.67. The van der Waals surface area contributed by atoms with Gasteiger partial charge in [-0.2, -0.15) is 0 Å². The molecule has 1 atom stereocenters. The summed E-state index contributed by atoms with van der Waals surface area (Å²) in [5, 5.41) is 2.95. The molecule has 1 unspecified atom stereocenters. The van der Waals surface area contributed by atoms with Crippen molar-refractivity contribution in [2.45, 2.75) is 30.1 Å². The average Bonchev–Trinajstić information content (AvgIpc) is 2.59. The SMILES string of the molecule is CS(=O)(=O)c1cccc(C(=O)NCC2CCCc3ccccc32)c1. The Morgan fingerprint density at radius 1 is 1.17 bits per heavy atom. The van der Waals surface area contributed by atoms with Gasteiger partial charge in [0.25, 0.3) is 5.91 Å². The highest BCUT2D eigenvalue weighted by Gasteiger charge is 2.20. The molecule has 2 aromatic carbocycles. The minimum Gasteiger partial charge on any atom is -0.351 e. The van der Waals surface area contributed by atoms with Gasteiger partial charge in [0.2, 0.25) is 0 Å². The van der Waals surface area contributed by atoms with Crippen molar-refractivity contribution < 1.29 is 13.2 Å². The zero-order valence-electron chi connectivity index (χ0n) is 13.7. The van der Waals surface area contributed by atoms with Crippen LogP contribution < -0.4 is 5.32 Å². The van der Waals surface area contributed by atoms with Gasteiger partial charge < -0.3 is 5.32 Å². The van der Waals surface area contributed by atoms with Gasteiger partial charge in [-0.15, -0.1) is 0 Å². The van der Waals surface area contributed by atoms with E-state index >= 15 is 0 Å². The molecule has 0 bridgehead atoms. The van der Waals surface area contributed by atoms with E-state index in [0.29, 0.717) is 18.0 Å². The van der Waals surface area contributed by atoms with E-state index in [4.69, 9.17) is 0 Å². The van der Waals surface area contributed by atoms with Gasteiger partial charge in [0.05, 0.1) is 4.90 Å². The standard InChI is InChI=1S/C19H21NO3S/c1-24(22,23)17-10-5-8-15(12-17)19(21)20-13-16-9-4-7-14-6-2-3-11-18(14)16/h2-3,5-6,8,10-12,16H,4,7,9,13H2,1H3,(H,20,21). The fraction of sp³-hybridized carbons (Fsp3) is 0.316. The molecule has 0 heterocycles. The highest BCUT2D eigenvalue weighted by atomic mass is 32.2. The molecule has 0 fully saturated rings. The summed E-state index contributed by atoms with van der Waals surface area (Å²) in [6, 6.07) is 14.5. The highest BCUT2D eigenvalue weighted by molar-refractivity contribution is 7.90. The Morgan fingerprint density at radius 2 is 1.96 bits per heavy atom. The van der Waals surface area contributed by atoms with Gasteiger partial charge in [0, 0.05) is 24.3 Å². The van der Waals surface area contributed by atoms with Crippen molar-refractivity contribution in [2.75, 3.05) is 12.8 Å². The predicted octanol–water partition coefficient (Wildman–Crippen LogP) is 2.94. The lowest BCUT2D eigenvalue weighted by molar-refractivity contribution is 0.0950. The van der Waals surface area contributed by atoms with Crippen LogP contribution in [0.15, 0.2) is 53.4 Å². The molecule has 0 saturated heterocycles. The van der Waals surface area contributed by atoms with Crippen molar-refractivity contribution in [1.29, 1.82) is 0 Å². The van der Waals surface area contributed by atoms with Crippen molar-refractivity contribution >= 4 is 15.7 Å². The first kappa shape index (κ1) is 16.7. The van der Waals surface area contributed by atoms with Gasteiger partial charge in [-0.3, -0.25) is 4.79 Å². The number of hydrogen-bond acceptors (Lipinski definition) is 3. The Hall–Kier alpha value is -2.14. The van der Waals surface area contributed by atoms with Crippen LogP contribution in [0, 0.1) is 0 Å². The highest BCUT2D eigenvalue weighted by Crippen LogP contribution is 2.30. The molecule has 1 N–H and O–H groups in total. The van der Waals surface area contributed by atoms with Crippen molar-refractivity contribution in [3.63, 3.8) is 0 Å². The van der Waals surface area contributed by atoms with Crippen molar-refractivity contribution in [2.24, 2.45) is 0 Å². The van der Waals surface area contributed by atoms with E-state index in [0.717, 1.165) is 25.5 Å². The van der Waals surface area contributed by atoms with Crippen molar-refractivity contribution in [3.8, 4) is 0 Å². The number of nitrogens with one attached hydrogen (secondary N) is 1. The maximum atomic E-state index is 12.4. The van der Waals surface area contributed by atoms with Crippen LogP contribution in [-0.2, 0) is 16.3 Å². The lowest BCUT2D eigenvalue weighted by atomic mass is 9.83. The Balaban J connectivity index is 1.71. The molecule has 0 radical (unpaired) electrons. The van der Waals surface area contributed by atoms with Gasteiger partial charge in [0.15, 0.2) is 9.84 Å². The van der Waals surface area contributed by atoms with Gasteiger partial charge in [-0.25, -0.2) is 8.42 Å². The topological polar surface area (TPSA) is 63.2 Å². The van der Waals surface area contributed by atoms with Crippen LogP contribution in [-0.4, -0.2) is 27.1 Å². The predicted molar refractivity (Wildman–Crippen MR) is 94.0 cm³/mol. The van der Waals surface area contributed by atoms with E-state index in [1.54, 1.807) is 12.1 Å². The number of hydrogen-bond donors (Lipinski definition) is 1. The molecule has 1 amide bonds. The second-order valence-electron chi connectivity index (χ2n) is 6.30. The second-order valence-corrected chi connectivity index (χ2v) is 8.31. The van der Waals surface area contributed by atoms with E-state index in [1.165, 1.54) is 23.3 Å². The lowest BCUT2D eigenvalue weighted by Crippen LogP contribution is -2.30. The molecule has 4 nitrogen and oxygen atoms in total. The number of sulfone groups is 1. The summed E-state index contributed by atoms with van der Waals surface area (Å²) in [4.78, 5) is 12.5. The molecule has 0 aliphatic heterocycles. The molecule has 0 saturated carbocycles. The molecular weight excluding hydrogens is 322 g/mol. The summed E-state index contributed by atoms with van der Waals surface area (Å²) in [6.45, 7) is 0.568. The van der Waals surface area contributed by atoms with Crippen LogP contribution in [0.5, 0.6) is 0 Å². The number of carbonyl (C=O) groups excluding carboxylic acids is 1. The Morgan fingerprint density at radius 3 is 2.75 bits per heavy atom. The van der Waals surface area contributed by atoms with Crippen LogP contribution in [0.1, 0.15) is 40.2 Å². The normalized spacial score (nSPS) is 17.1. The molecule has 5 heteroatoms. The number of amides is 1. The molecule has 2 aromatic rings.